The average molecular weight is 288 g/mol. The van der Waals surface area contributed by atoms with Crippen LogP contribution < -0.4 is 4.90 Å². The highest BCUT2D eigenvalue weighted by molar-refractivity contribution is 7.07. The van der Waals surface area contributed by atoms with Crippen molar-refractivity contribution >= 4 is 17.2 Å². The first-order valence-electron chi connectivity index (χ1n) is 6.97. The van der Waals surface area contributed by atoms with Crippen LogP contribution in [0.15, 0.2) is 23.2 Å². The van der Waals surface area contributed by atoms with Gasteiger partial charge in [-0.2, -0.15) is 11.3 Å². The minimum Gasteiger partial charge on any atom is -0.362 e. The molecule has 1 aliphatic heterocycles. The molecule has 106 valence electrons. The van der Waals surface area contributed by atoms with Crippen molar-refractivity contribution in [2.45, 2.75) is 19.4 Å². The van der Waals surface area contributed by atoms with Gasteiger partial charge in [-0.3, -0.25) is 4.90 Å². The van der Waals surface area contributed by atoms with Crippen LogP contribution in [-0.4, -0.2) is 42.1 Å². The second-order valence-corrected chi connectivity index (χ2v) is 6.20. The van der Waals surface area contributed by atoms with E-state index in [-0.39, 0.29) is 0 Å². The van der Waals surface area contributed by atoms with Crippen LogP contribution in [0.1, 0.15) is 16.8 Å². The Bertz CT molecular complexity index is 565. The fourth-order valence-electron chi connectivity index (χ4n) is 2.74. The lowest BCUT2D eigenvalue weighted by Crippen LogP contribution is -2.25. The first-order valence-corrected chi connectivity index (χ1v) is 7.92. The van der Waals surface area contributed by atoms with Gasteiger partial charge in [-0.15, -0.1) is 0 Å². The number of thiophene rings is 1. The third kappa shape index (κ3) is 2.83. The van der Waals surface area contributed by atoms with Crippen LogP contribution in [0, 0.1) is 0 Å². The van der Waals surface area contributed by atoms with Gasteiger partial charge in [-0.1, -0.05) is 0 Å². The lowest BCUT2D eigenvalue weighted by Gasteiger charge is -2.19. The lowest BCUT2D eigenvalue weighted by atomic mass is 10.1. The van der Waals surface area contributed by atoms with Gasteiger partial charge in [0, 0.05) is 45.7 Å². The van der Waals surface area contributed by atoms with E-state index in [4.69, 9.17) is 0 Å². The Morgan fingerprint density at radius 3 is 2.85 bits per heavy atom. The van der Waals surface area contributed by atoms with Gasteiger partial charge < -0.3 is 4.90 Å². The summed E-state index contributed by atoms with van der Waals surface area (Å²) in [6.07, 6.45) is 3.75. The third-order valence-electron chi connectivity index (χ3n) is 3.76. The Morgan fingerprint density at radius 2 is 2.10 bits per heavy atom. The Morgan fingerprint density at radius 1 is 1.25 bits per heavy atom. The normalized spacial score (nSPS) is 15.7. The number of hydrogen-bond donors (Lipinski definition) is 0. The van der Waals surface area contributed by atoms with E-state index in [1.807, 2.05) is 0 Å². The van der Waals surface area contributed by atoms with E-state index in [2.05, 4.69) is 50.7 Å². The van der Waals surface area contributed by atoms with E-state index in [0.29, 0.717) is 0 Å². The van der Waals surface area contributed by atoms with Crippen LogP contribution >= 0.6 is 11.3 Å². The van der Waals surface area contributed by atoms with Gasteiger partial charge in [-0.05, 0) is 28.8 Å². The molecule has 2 aromatic rings. The van der Waals surface area contributed by atoms with Crippen molar-refractivity contribution in [1.29, 1.82) is 0 Å². The summed E-state index contributed by atoms with van der Waals surface area (Å²) >= 11 is 1.77. The molecule has 4 nitrogen and oxygen atoms in total. The largest absolute Gasteiger partial charge is 0.362 e. The zero-order valence-electron chi connectivity index (χ0n) is 12.0. The lowest BCUT2D eigenvalue weighted by molar-refractivity contribution is 0.279. The number of aromatic nitrogens is 2. The highest BCUT2D eigenvalue weighted by Crippen LogP contribution is 2.23. The molecule has 0 spiro atoms. The predicted molar refractivity (Wildman–Crippen MR) is 83.4 cm³/mol. The van der Waals surface area contributed by atoms with Gasteiger partial charge in [0.25, 0.3) is 0 Å². The van der Waals surface area contributed by atoms with E-state index in [9.17, 15) is 0 Å². The number of rotatable bonds is 3. The first kappa shape index (κ1) is 13.5. The second-order valence-electron chi connectivity index (χ2n) is 5.42. The fraction of sp³-hybridized carbons (Fsp3) is 0.467. The summed E-state index contributed by atoms with van der Waals surface area (Å²) in [5.41, 5.74) is 3.96. The van der Waals surface area contributed by atoms with Gasteiger partial charge in [0.15, 0.2) is 0 Å². The van der Waals surface area contributed by atoms with Gasteiger partial charge >= 0.3 is 0 Å². The van der Waals surface area contributed by atoms with Crippen molar-refractivity contribution < 1.29 is 0 Å². The van der Waals surface area contributed by atoms with Gasteiger partial charge in [-0.25, -0.2) is 9.97 Å². The highest BCUT2D eigenvalue weighted by atomic mass is 32.1. The first-order chi connectivity index (χ1) is 9.74. The molecule has 0 atom stereocenters. The molecule has 0 aliphatic carbocycles. The molecule has 0 fully saturated rings. The van der Waals surface area contributed by atoms with Crippen LogP contribution in [-0.2, 0) is 19.4 Å². The minimum absolute atomic E-state index is 1.02. The standard InChI is InChI=1S/C15H20N4S/c1-18(2)15-13-3-6-19(9-12-5-8-20-10-12)7-4-14(13)16-11-17-15/h5,8,10-11H,3-4,6-7,9H2,1-2H3. The monoisotopic (exact) mass is 288 g/mol. The molecule has 0 radical (unpaired) electrons. The van der Waals surface area contributed by atoms with Crippen LogP contribution in [0.2, 0.25) is 0 Å². The van der Waals surface area contributed by atoms with E-state index in [1.54, 1.807) is 17.7 Å². The maximum atomic E-state index is 4.49. The van der Waals surface area contributed by atoms with Crippen LogP contribution in [0.4, 0.5) is 5.82 Å². The molecule has 20 heavy (non-hydrogen) atoms. The van der Waals surface area contributed by atoms with Crippen LogP contribution in [0.25, 0.3) is 0 Å². The van der Waals surface area contributed by atoms with Crippen molar-refractivity contribution in [1.82, 2.24) is 14.9 Å². The number of fused-ring (bicyclic) bond motifs is 1. The molecule has 0 bridgehead atoms. The molecular formula is C15H20N4S. The molecular weight excluding hydrogens is 268 g/mol. The van der Waals surface area contributed by atoms with Crippen molar-refractivity contribution in [3.05, 3.63) is 40.0 Å². The van der Waals surface area contributed by atoms with Gasteiger partial charge in [0.1, 0.15) is 12.1 Å². The van der Waals surface area contributed by atoms with E-state index < -0.39 is 0 Å². The summed E-state index contributed by atoms with van der Waals surface area (Å²) in [6.45, 7) is 3.20. The Balaban J connectivity index is 1.76. The maximum absolute atomic E-state index is 4.49. The average Bonchev–Trinajstić information content (AvgIpc) is 2.86. The Hall–Kier alpha value is -1.46. The van der Waals surface area contributed by atoms with Crippen molar-refractivity contribution in [3.63, 3.8) is 0 Å². The molecule has 0 saturated heterocycles. The smallest absolute Gasteiger partial charge is 0.134 e. The molecule has 0 aromatic carbocycles. The van der Waals surface area contributed by atoms with E-state index in [1.165, 1.54) is 16.8 Å². The molecule has 2 aromatic heterocycles. The van der Waals surface area contributed by atoms with E-state index >= 15 is 0 Å². The Labute approximate surface area is 124 Å². The van der Waals surface area contributed by atoms with E-state index in [0.717, 1.165) is 38.3 Å². The van der Waals surface area contributed by atoms with Crippen molar-refractivity contribution in [2.24, 2.45) is 0 Å². The Kier molecular flexibility index (Phi) is 3.98. The summed E-state index contributed by atoms with van der Waals surface area (Å²) in [5, 5.41) is 4.39. The maximum Gasteiger partial charge on any atom is 0.134 e. The summed E-state index contributed by atoms with van der Waals surface area (Å²) in [5.74, 6) is 1.08. The second kappa shape index (κ2) is 5.89. The molecule has 0 saturated carbocycles. The quantitative estimate of drug-likeness (QED) is 0.867. The van der Waals surface area contributed by atoms with Crippen molar-refractivity contribution in [3.8, 4) is 0 Å². The molecule has 1 aliphatic rings. The highest BCUT2D eigenvalue weighted by Gasteiger charge is 2.19. The summed E-state index contributed by atoms with van der Waals surface area (Å²) in [6, 6.07) is 2.22. The molecule has 3 heterocycles. The SMILES string of the molecule is CN(C)c1ncnc2c1CCN(Cc1ccsc1)CC2. The molecule has 3 rings (SSSR count). The molecule has 0 N–H and O–H groups in total. The number of hydrogen-bond acceptors (Lipinski definition) is 5. The third-order valence-corrected chi connectivity index (χ3v) is 4.50. The van der Waals surface area contributed by atoms with Crippen LogP contribution in [0.3, 0.4) is 0 Å². The zero-order valence-corrected chi connectivity index (χ0v) is 12.9. The topological polar surface area (TPSA) is 32.3 Å². The number of nitrogens with zero attached hydrogens (tertiary/aromatic N) is 4. The number of anilines is 1. The zero-order chi connectivity index (χ0) is 13.9. The predicted octanol–water partition coefficient (Wildman–Crippen LogP) is 2.20. The molecule has 0 unspecified atom stereocenters. The summed E-state index contributed by atoms with van der Waals surface area (Å²) in [7, 11) is 4.10. The van der Waals surface area contributed by atoms with Crippen LogP contribution in [0.5, 0.6) is 0 Å². The van der Waals surface area contributed by atoms with Gasteiger partial charge in [0.2, 0.25) is 0 Å². The van der Waals surface area contributed by atoms with Gasteiger partial charge in [0.05, 0.1) is 5.69 Å². The minimum atomic E-state index is 1.02. The summed E-state index contributed by atoms with van der Waals surface area (Å²) in [4.78, 5) is 13.5. The molecule has 5 heteroatoms. The van der Waals surface area contributed by atoms with Crippen molar-refractivity contribution in [2.75, 3.05) is 32.1 Å². The molecule has 0 amide bonds. The summed E-state index contributed by atoms with van der Waals surface area (Å²) < 4.78 is 0. The fourth-order valence-corrected chi connectivity index (χ4v) is 3.40.